The van der Waals surface area contributed by atoms with Crippen LogP contribution in [0.15, 0.2) is 29.1 Å². The number of aromatic nitrogens is 2. The molecule has 0 amide bonds. The van der Waals surface area contributed by atoms with Gasteiger partial charge in [0.1, 0.15) is 5.65 Å². The Bertz CT molecular complexity index is 641. The summed E-state index contributed by atoms with van der Waals surface area (Å²) >= 11 is 0. The van der Waals surface area contributed by atoms with E-state index in [2.05, 4.69) is 9.88 Å². The van der Waals surface area contributed by atoms with E-state index >= 15 is 0 Å². The molecule has 3 heterocycles. The van der Waals surface area contributed by atoms with Crippen LogP contribution in [-0.4, -0.2) is 27.4 Å². The fraction of sp³-hybridized carbons (Fsp3) is 0.467. The Morgan fingerprint density at radius 2 is 2.00 bits per heavy atom. The zero-order chi connectivity index (χ0) is 13.2. The van der Waals surface area contributed by atoms with Gasteiger partial charge in [-0.1, -0.05) is 12.5 Å². The molecule has 1 saturated heterocycles. The van der Waals surface area contributed by atoms with E-state index in [1.54, 1.807) is 10.5 Å². The number of hydrogen-bond donors (Lipinski definition) is 0. The average molecular weight is 257 g/mol. The highest BCUT2D eigenvalue weighted by molar-refractivity contribution is 5.40. The first-order valence-electron chi connectivity index (χ1n) is 6.95. The minimum Gasteiger partial charge on any atom is -0.298 e. The van der Waals surface area contributed by atoms with E-state index in [0.29, 0.717) is 0 Å². The van der Waals surface area contributed by atoms with Crippen LogP contribution in [0.25, 0.3) is 5.65 Å². The van der Waals surface area contributed by atoms with Crippen LogP contribution in [0.5, 0.6) is 0 Å². The fourth-order valence-electron chi connectivity index (χ4n) is 2.79. The second kappa shape index (κ2) is 5.13. The minimum absolute atomic E-state index is 0.0232. The van der Waals surface area contributed by atoms with Crippen molar-refractivity contribution in [2.24, 2.45) is 0 Å². The second-order valence-electron chi connectivity index (χ2n) is 5.28. The van der Waals surface area contributed by atoms with Gasteiger partial charge in [-0.3, -0.25) is 14.1 Å². The molecule has 0 N–H and O–H groups in total. The van der Waals surface area contributed by atoms with E-state index in [-0.39, 0.29) is 5.56 Å². The molecule has 0 bridgehead atoms. The highest BCUT2D eigenvalue weighted by Gasteiger charge is 2.12. The number of piperidine rings is 1. The Labute approximate surface area is 112 Å². The van der Waals surface area contributed by atoms with Crippen molar-refractivity contribution in [2.75, 3.05) is 13.1 Å². The normalized spacial score (nSPS) is 16.9. The molecule has 0 saturated carbocycles. The summed E-state index contributed by atoms with van der Waals surface area (Å²) in [6.07, 6.45) is 3.83. The molecule has 1 aliphatic rings. The predicted octanol–water partition coefficient (Wildman–Crippen LogP) is 1.99. The SMILES string of the molecule is Cc1cccc2nc(CN3CCCCC3)cc(=O)n12. The molecule has 0 aliphatic carbocycles. The molecule has 1 aliphatic heterocycles. The summed E-state index contributed by atoms with van der Waals surface area (Å²) in [6.45, 7) is 4.96. The summed E-state index contributed by atoms with van der Waals surface area (Å²) in [6, 6.07) is 7.45. The number of nitrogens with zero attached hydrogens (tertiary/aromatic N) is 3. The van der Waals surface area contributed by atoms with Gasteiger partial charge in [-0.2, -0.15) is 0 Å². The van der Waals surface area contributed by atoms with Gasteiger partial charge < -0.3 is 0 Å². The Morgan fingerprint density at radius 3 is 2.79 bits per heavy atom. The molecular weight excluding hydrogens is 238 g/mol. The highest BCUT2D eigenvalue weighted by Crippen LogP contribution is 2.12. The monoisotopic (exact) mass is 257 g/mol. The van der Waals surface area contributed by atoms with Gasteiger partial charge in [0, 0.05) is 18.3 Å². The largest absolute Gasteiger partial charge is 0.298 e. The number of aryl methyl sites for hydroxylation is 1. The van der Waals surface area contributed by atoms with E-state index in [0.717, 1.165) is 36.7 Å². The molecule has 0 atom stereocenters. The van der Waals surface area contributed by atoms with Gasteiger partial charge in [-0.05, 0) is 45.0 Å². The first-order chi connectivity index (χ1) is 9.24. The maximum atomic E-state index is 12.2. The van der Waals surface area contributed by atoms with Gasteiger partial charge in [-0.25, -0.2) is 4.98 Å². The van der Waals surface area contributed by atoms with E-state index in [1.165, 1.54) is 19.3 Å². The molecular formula is C15H19N3O. The third-order valence-electron chi connectivity index (χ3n) is 3.77. The lowest BCUT2D eigenvalue weighted by Crippen LogP contribution is -2.30. The molecule has 19 heavy (non-hydrogen) atoms. The smallest absolute Gasteiger partial charge is 0.258 e. The van der Waals surface area contributed by atoms with Crippen molar-refractivity contribution in [3.8, 4) is 0 Å². The number of pyridine rings is 1. The van der Waals surface area contributed by atoms with E-state index in [4.69, 9.17) is 0 Å². The number of fused-ring (bicyclic) bond motifs is 1. The lowest BCUT2D eigenvalue weighted by Gasteiger charge is -2.25. The van der Waals surface area contributed by atoms with Crippen LogP contribution in [0.4, 0.5) is 0 Å². The molecule has 0 unspecified atom stereocenters. The summed E-state index contributed by atoms with van der Waals surface area (Å²) in [5.74, 6) is 0. The van der Waals surface area contributed by atoms with Crippen LogP contribution in [-0.2, 0) is 6.54 Å². The number of likely N-dealkylation sites (tertiary alicyclic amines) is 1. The van der Waals surface area contributed by atoms with E-state index in [9.17, 15) is 4.79 Å². The summed E-state index contributed by atoms with van der Waals surface area (Å²) in [7, 11) is 0. The van der Waals surface area contributed by atoms with Gasteiger partial charge in [0.05, 0.1) is 5.69 Å². The molecule has 3 rings (SSSR count). The van der Waals surface area contributed by atoms with Crippen LogP contribution in [0, 0.1) is 6.92 Å². The topological polar surface area (TPSA) is 37.6 Å². The van der Waals surface area contributed by atoms with Crippen molar-refractivity contribution in [2.45, 2.75) is 32.7 Å². The lowest BCUT2D eigenvalue weighted by molar-refractivity contribution is 0.218. The molecule has 100 valence electrons. The van der Waals surface area contributed by atoms with Crippen molar-refractivity contribution in [3.05, 3.63) is 46.0 Å². The van der Waals surface area contributed by atoms with Gasteiger partial charge in [0.2, 0.25) is 0 Å². The summed E-state index contributed by atoms with van der Waals surface area (Å²) < 4.78 is 1.67. The molecule has 0 aromatic carbocycles. The molecule has 1 fully saturated rings. The van der Waals surface area contributed by atoms with Crippen molar-refractivity contribution in [3.63, 3.8) is 0 Å². The predicted molar refractivity (Wildman–Crippen MR) is 75.3 cm³/mol. The quantitative estimate of drug-likeness (QED) is 0.825. The third-order valence-corrected chi connectivity index (χ3v) is 3.77. The zero-order valence-corrected chi connectivity index (χ0v) is 11.3. The highest BCUT2D eigenvalue weighted by atomic mass is 16.1. The fourth-order valence-corrected chi connectivity index (χ4v) is 2.79. The van der Waals surface area contributed by atoms with Crippen molar-refractivity contribution >= 4 is 5.65 Å². The van der Waals surface area contributed by atoms with Gasteiger partial charge >= 0.3 is 0 Å². The summed E-state index contributed by atoms with van der Waals surface area (Å²) in [5.41, 5.74) is 2.59. The zero-order valence-electron chi connectivity index (χ0n) is 11.3. The maximum absolute atomic E-state index is 12.2. The van der Waals surface area contributed by atoms with Gasteiger partial charge in [-0.15, -0.1) is 0 Å². The number of rotatable bonds is 2. The van der Waals surface area contributed by atoms with Crippen molar-refractivity contribution in [1.29, 1.82) is 0 Å². The van der Waals surface area contributed by atoms with E-state index < -0.39 is 0 Å². The molecule has 0 spiro atoms. The number of hydrogen-bond acceptors (Lipinski definition) is 3. The Kier molecular flexibility index (Phi) is 3.34. The Morgan fingerprint density at radius 1 is 1.21 bits per heavy atom. The first-order valence-corrected chi connectivity index (χ1v) is 6.95. The Hall–Kier alpha value is -1.68. The third kappa shape index (κ3) is 2.54. The molecule has 2 aromatic heterocycles. The van der Waals surface area contributed by atoms with Crippen LogP contribution in [0.3, 0.4) is 0 Å². The molecule has 4 nitrogen and oxygen atoms in total. The minimum atomic E-state index is 0.0232. The van der Waals surface area contributed by atoms with E-state index in [1.807, 2.05) is 25.1 Å². The standard InChI is InChI=1S/C15H19N3O/c1-12-6-5-7-14-16-13(10-15(19)18(12)14)11-17-8-3-2-4-9-17/h5-7,10H,2-4,8-9,11H2,1H3. The van der Waals surface area contributed by atoms with Crippen LogP contribution in [0.2, 0.25) is 0 Å². The molecule has 4 heteroatoms. The van der Waals surface area contributed by atoms with Crippen molar-refractivity contribution in [1.82, 2.24) is 14.3 Å². The maximum Gasteiger partial charge on any atom is 0.258 e. The Balaban J connectivity index is 1.94. The lowest BCUT2D eigenvalue weighted by atomic mass is 10.1. The average Bonchev–Trinajstić information content (AvgIpc) is 2.39. The molecule has 0 radical (unpaired) electrons. The van der Waals surface area contributed by atoms with Crippen LogP contribution >= 0.6 is 0 Å². The van der Waals surface area contributed by atoms with Gasteiger partial charge in [0.25, 0.3) is 5.56 Å². The first kappa shape index (κ1) is 12.4. The second-order valence-corrected chi connectivity index (χ2v) is 5.28. The van der Waals surface area contributed by atoms with Gasteiger partial charge in [0.15, 0.2) is 0 Å². The van der Waals surface area contributed by atoms with Crippen molar-refractivity contribution < 1.29 is 0 Å². The van der Waals surface area contributed by atoms with Crippen LogP contribution < -0.4 is 5.56 Å². The summed E-state index contributed by atoms with van der Waals surface area (Å²) in [5, 5.41) is 0. The molecule has 2 aromatic rings. The summed E-state index contributed by atoms with van der Waals surface area (Å²) in [4.78, 5) is 19.2. The van der Waals surface area contributed by atoms with Crippen LogP contribution in [0.1, 0.15) is 30.7 Å².